The van der Waals surface area contributed by atoms with Gasteiger partial charge < -0.3 is 16.9 Å². The number of nitrogens with zero attached hydrogens (tertiary/aromatic N) is 1. The van der Waals surface area contributed by atoms with Gasteiger partial charge in [-0.15, -0.1) is 11.6 Å². The van der Waals surface area contributed by atoms with E-state index in [0.29, 0.717) is 0 Å². The fourth-order valence-corrected chi connectivity index (χ4v) is 2.47. The Kier molecular flexibility index (Phi) is 15.2. The normalized spacial score (nSPS) is 11.3. The Morgan fingerprint density at radius 1 is 0.765 bits per heavy atom. The number of quaternary nitrogens is 1. The van der Waals surface area contributed by atoms with Crippen molar-refractivity contribution in [1.29, 1.82) is 0 Å². The molecule has 1 nitrogen and oxygen atoms in total. The molecule has 0 aliphatic heterocycles. The van der Waals surface area contributed by atoms with Crippen LogP contribution in [0, 0.1) is 0 Å². The summed E-state index contributed by atoms with van der Waals surface area (Å²) in [6.07, 6.45) is 11.3. The molecule has 0 amide bonds. The van der Waals surface area contributed by atoms with E-state index in [1.54, 1.807) is 0 Å². The van der Waals surface area contributed by atoms with E-state index in [1.165, 1.54) is 57.9 Å². The third kappa shape index (κ3) is 14.5. The first kappa shape index (κ1) is 19.9. The minimum absolute atomic E-state index is 0. The van der Waals surface area contributed by atoms with Crippen LogP contribution in [-0.2, 0) is 0 Å². The zero-order chi connectivity index (χ0) is 12.3. The Balaban J connectivity index is 0. The highest BCUT2D eigenvalue weighted by atomic mass is 35.5. The van der Waals surface area contributed by atoms with Crippen LogP contribution in [0.15, 0.2) is 0 Å². The maximum atomic E-state index is 5.78. The Hall–Kier alpha value is 0.540. The molecule has 0 aromatic carbocycles. The summed E-state index contributed by atoms with van der Waals surface area (Å²) in [5.74, 6) is 0.782. The van der Waals surface area contributed by atoms with Gasteiger partial charge in [0.05, 0.1) is 33.1 Å². The highest BCUT2D eigenvalue weighted by Gasteiger charge is 2.12. The molecule has 3 heteroatoms. The number of rotatable bonds is 11. The monoisotopic (exact) mass is 283 g/mol. The Morgan fingerprint density at radius 2 is 1.24 bits per heavy atom. The quantitative estimate of drug-likeness (QED) is 0.306. The SMILES string of the molecule is CCCCCCCCCC[N+](C)(C)CCCl.[Cl-]. The molecule has 17 heavy (non-hydrogen) atoms. The number of hydrogen-bond acceptors (Lipinski definition) is 0. The molecule has 0 rings (SSSR count). The molecule has 0 fully saturated rings. The average molecular weight is 284 g/mol. The molecule has 0 N–H and O–H groups in total. The van der Waals surface area contributed by atoms with Crippen molar-refractivity contribution in [3.8, 4) is 0 Å². The van der Waals surface area contributed by atoms with Gasteiger partial charge in [-0.2, -0.15) is 0 Å². The predicted molar refractivity (Wildman–Crippen MR) is 75.2 cm³/mol. The van der Waals surface area contributed by atoms with Crippen LogP contribution in [0.4, 0.5) is 0 Å². The molecular formula is C14H31Cl2N. The van der Waals surface area contributed by atoms with Crippen LogP contribution in [0.1, 0.15) is 58.3 Å². The van der Waals surface area contributed by atoms with Crippen LogP contribution >= 0.6 is 11.6 Å². The van der Waals surface area contributed by atoms with Crippen molar-refractivity contribution in [3.05, 3.63) is 0 Å². The summed E-state index contributed by atoms with van der Waals surface area (Å²) < 4.78 is 1.08. The fraction of sp³-hybridized carbons (Fsp3) is 1.00. The lowest BCUT2D eigenvalue weighted by atomic mass is 10.1. The Morgan fingerprint density at radius 3 is 1.71 bits per heavy atom. The minimum Gasteiger partial charge on any atom is -1.00 e. The third-order valence-corrected chi connectivity index (χ3v) is 3.48. The first-order valence-electron chi connectivity index (χ1n) is 7.00. The first-order valence-corrected chi connectivity index (χ1v) is 7.54. The van der Waals surface area contributed by atoms with Crippen molar-refractivity contribution in [1.82, 2.24) is 0 Å². The van der Waals surface area contributed by atoms with Crippen LogP contribution in [0.3, 0.4) is 0 Å². The van der Waals surface area contributed by atoms with E-state index in [2.05, 4.69) is 21.0 Å². The lowest BCUT2D eigenvalue weighted by molar-refractivity contribution is -0.888. The van der Waals surface area contributed by atoms with Gasteiger partial charge in [-0.25, -0.2) is 0 Å². The highest BCUT2D eigenvalue weighted by molar-refractivity contribution is 6.17. The standard InChI is InChI=1S/C14H31ClN.ClH/c1-4-5-6-7-8-9-10-11-13-16(2,3)14-12-15;/h4-14H2,1-3H3;1H/q+1;/p-1. The summed E-state index contributed by atoms with van der Waals surface area (Å²) in [5.41, 5.74) is 0. The second kappa shape index (κ2) is 13.0. The third-order valence-electron chi connectivity index (χ3n) is 3.31. The number of hydrogen-bond donors (Lipinski definition) is 0. The van der Waals surface area contributed by atoms with Crippen molar-refractivity contribution in [3.63, 3.8) is 0 Å². The van der Waals surface area contributed by atoms with E-state index in [-0.39, 0.29) is 12.4 Å². The molecule has 0 aromatic rings. The molecule has 0 aromatic heterocycles. The van der Waals surface area contributed by atoms with Crippen LogP contribution in [-0.4, -0.2) is 37.5 Å². The second-order valence-electron chi connectivity index (χ2n) is 5.55. The molecule has 0 bridgehead atoms. The van der Waals surface area contributed by atoms with E-state index in [4.69, 9.17) is 11.6 Å². The molecule has 0 atom stereocenters. The van der Waals surface area contributed by atoms with Gasteiger partial charge in [0, 0.05) is 0 Å². The van der Waals surface area contributed by atoms with Gasteiger partial charge in [0.25, 0.3) is 0 Å². The largest absolute Gasteiger partial charge is 1.00 e. The summed E-state index contributed by atoms with van der Waals surface area (Å²) in [6, 6.07) is 0. The van der Waals surface area contributed by atoms with Crippen LogP contribution in [0.5, 0.6) is 0 Å². The highest BCUT2D eigenvalue weighted by Crippen LogP contribution is 2.10. The average Bonchev–Trinajstić information content (AvgIpc) is 2.22. The van der Waals surface area contributed by atoms with Gasteiger partial charge in [0.2, 0.25) is 0 Å². The zero-order valence-corrected chi connectivity index (χ0v) is 13.5. The summed E-state index contributed by atoms with van der Waals surface area (Å²) >= 11 is 5.78. The summed E-state index contributed by atoms with van der Waals surface area (Å²) in [6.45, 7) is 4.65. The summed E-state index contributed by atoms with van der Waals surface area (Å²) in [5, 5.41) is 0. The predicted octanol–water partition coefficient (Wildman–Crippen LogP) is 1.45. The smallest absolute Gasteiger partial charge is 0.0920 e. The molecule has 0 heterocycles. The van der Waals surface area contributed by atoms with E-state index >= 15 is 0 Å². The lowest BCUT2D eigenvalue weighted by Crippen LogP contribution is -3.00. The molecule has 0 aliphatic rings. The van der Waals surface area contributed by atoms with Gasteiger partial charge in [-0.05, 0) is 12.8 Å². The summed E-state index contributed by atoms with van der Waals surface area (Å²) in [7, 11) is 4.56. The van der Waals surface area contributed by atoms with E-state index in [0.717, 1.165) is 16.9 Å². The van der Waals surface area contributed by atoms with Crippen molar-refractivity contribution in [2.24, 2.45) is 0 Å². The van der Waals surface area contributed by atoms with Crippen molar-refractivity contribution >= 4 is 11.6 Å². The van der Waals surface area contributed by atoms with Crippen LogP contribution < -0.4 is 12.4 Å². The van der Waals surface area contributed by atoms with Crippen molar-refractivity contribution in [2.45, 2.75) is 58.3 Å². The topological polar surface area (TPSA) is 0 Å². The number of halogens is 2. The van der Waals surface area contributed by atoms with Crippen molar-refractivity contribution < 1.29 is 16.9 Å². The molecule has 0 saturated heterocycles. The maximum absolute atomic E-state index is 5.78. The number of alkyl halides is 1. The van der Waals surface area contributed by atoms with Gasteiger partial charge in [-0.1, -0.05) is 45.4 Å². The van der Waals surface area contributed by atoms with E-state index in [9.17, 15) is 0 Å². The van der Waals surface area contributed by atoms with Gasteiger partial charge >= 0.3 is 0 Å². The zero-order valence-electron chi connectivity index (χ0n) is 12.0. The number of unbranched alkanes of at least 4 members (excludes halogenated alkanes) is 7. The van der Waals surface area contributed by atoms with Crippen molar-refractivity contribution in [2.75, 3.05) is 33.1 Å². The molecule has 0 radical (unpaired) electrons. The molecule has 0 aliphatic carbocycles. The van der Waals surface area contributed by atoms with Crippen LogP contribution in [0.2, 0.25) is 0 Å². The van der Waals surface area contributed by atoms with Crippen LogP contribution in [0.25, 0.3) is 0 Å². The van der Waals surface area contributed by atoms with Gasteiger partial charge in [-0.3, -0.25) is 0 Å². The lowest BCUT2D eigenvalue weighted by Gasteiger charge is -2.28. The molecule has 0 unspecified atom stereocenters. The summed E-state index contributed by atoms with van der Waals surface area (Å²) in [4.78, 5) is 0. The molecular weight excluding hydrogens is 253 g/mol. The Bertz CT molecular complexity index is 149. The molecule has 0 spiro atoms. The Labute approximate surface area is 120 Å². The first-order chi connectivity index (χ1) is 7.62. The molecule has 0 saturated carbocycles. The maximum Gasteiger partial charge on any atom is 0.0920 e. The minimum atomic E-state index is 0. The van der Waals surface area contributed by atoms with Gasteiger partial charge in [0.15, 0.2) is 0 Å². The van der Waals surface area contributed by atoms with E-state index in [1.807, 2.05) is 0 Å². The fourth-order valence-electron chi connectivity index (χ4n) is 2.01. The second-order valence-corrected chi connectivity index (χ2v) is 5.92. The molecule has 106 valence electrons. The van der Waals surface area contributed by atoms with E-state index < -0.39 is 0 Å². The van der Waals surface area contributed by atoms with Gasteiger partial charge in [0.1, 0.15) is 0 Å².